The molecule has 2 saturated heterocycles. The van der Waals surface area contributed by atoms with E-state index in [-0.39, 0.29) is 42.7 Å². The molecule has 10 heteroatoms. The fourth-order valence-electron chi connectivity index (χ4n) is 6.24. The van der Waals surface area contributed by atoms with E-state index >= 15 is 0 Å². The van der Waals surface area contributed by atoms with E-state index in [0.29, 0.717) is 62.8 Å². The number of aldehydes is 1. The molecule has 3 fully saturated rings. The van der Waals surface area contributed by atoms with E-state index in [1.165, 1.54) is 6.42 Å². The molecule has 2 heterocycles. The maximum absolute atomic E-state index is 13.0. The first kappa shape index (κ1) is 27.1. The summed E-state index contributed by atoms with van der Waals surface area (Å²) in [6.07, 6.45) is 9.06. The highest BCUT2D eigenvalue weighted by molar-refractivity contribution is 5.88. The van der Waals surface area contributed by atoms with Gasteiger partial charge in [-0.1, -0.05) is 26.0 Å². The Morgan fingerprint density at radius 2 is 2.00 bits per heavy atom. The lowest BCUT2D eigenvalue weighted by atomic mass is 9.93. The Morgan fingerprint density at radius 3 is 2.62 bits per heavy atom. The Morgan fingerprint density at radius 1 is 1.19 bits per heavy atom. The zero-order chi connectivity index (χ0) is 26.5. The summed E-state index contributed by atoms with van der Waals surface area (Å²) in [5.41, 5.74) is 0. The molecular formula is C27H40N4O6. The minimum absolute atomic E-state index is 0.0813. The number of alkyl carbamates (subject to hydrolysis) is 1. The van der Waals surface area contributed by atoms with Crippen LogP contribution in [0.3, 0.4) is 0 Å². The van der Waals surface area contributed by atoms with Crippen LogP contribution >= 0.6 is 0 Å². The second-order valence-corrected chi connectivity index (χ2v) is 11.5. The van der Waals surface area contributed by atoms with Crippen LogP contribution in [0.5, 0.6) is 0 Å². The van der Waals surface area contributed by atoms with Crippen LogP contribution in [0, 0.1) is 29.6 Å². The van der Waals surface area contributed by atoms with Crippen molar-refractivity contribution in [2.45, 2.75) is 76.9 Å². The normalized spacial score (nSPS) is 29.9. The third-order valence-electron chi connectivity index (χ3n) is 8.22. The summed E-state index contributed by atoms with van der Waals surface area (Å²) < 4.78 is 5.49. The van der Waals surface area contributed by atoms with Gasteiger partial charge in [0.1, 0.15) is 18.9 Å². The minimum atomic E-state index is -0.880. The quantitative estimate of drug-likeness (QED) is 0.266. The summed E-state index contributed by atoms with van der Waals surface area (Å²) in [6.45, 7) is 5.21. The predicted octanol–water partition coefficient (Wildman–Crippen LogP) is 1.54. The Hall–Kier alpha value is -2.91. The highest BCUT2D eigenvalue weighted by Crippen LogP contribution is 2.44. The number of fused-ring (bicyclic) bond motifs is 2. The molecule has 0 aromatic carbocycles. The molecule has 4 amide bonds. The van der Waals surface area contributed by atoms with Crippen LogP contribution < -0.4 is 16.0 Å². The number of amides is 4. The molecule has 4 rings (SSSR count). The summed E-state index contributed by atoms with van der Waals surface area (Å²) in [4.78, 5) is 63.4. The van der Waals surface area contributed by atoms with E-state index in [1.54, 1.807) is 0 Å². The van der Waals surface area contributed by atoms with E-state index in [9.17, 15) is 24.0 Å². The Bertz CT molecular complexity index is 921. The molecule has 0 aromatic heterocycles. The van der Waals surface area contributed by atoms with Gasteiger partial charge >= 0.3 is 6.09 Å². The van der Waals surface area contributed by atoms with Gasteiger partial charge in [-0.3, -0.25) is 14.4 Å². The summed E-state index contributed by atoms with van der Waals surface area (Å²) in [7, 11) is 0. The van der Waals surface area contributed by atoms with Crippen molar-refractivity contribution in [1.29, 1.82) is 0 Å². The Balaban J connectivity index is 1.27. The molecular weight excluding hydrogens is 476 g/mol. The standard InChI is InChI=1S/C27H40N4O6/c1-16(2)9-23(26(35)29-21(14-32)12-19-7-8-28-25(19)34)30-27(36)37-15-22-5-6-24(33)31(22)13-20-11-17-3-4-18(20)10-17/h3-4,14,16-23H,5-13,15H2,1-2H3,(H,28,34)(H,29,35)(H,30,36)/t17-,18+,19+,20-,21+,22+,23+/m1/s1. The number of rotatable bonds is 12. The first-order valence-corrected chi connectivity index (χ1v) is 13.7. The van der Waals surface area contributed by atoms with Crippen molar-refractivity contribution in [2.75, 3.05) is 19.7 Å². The zero-order valence-electron chi connectivity index (χ0n) is 21.8. The predicted molar refractivity (Wildman–Crippen MR) is 135 cm³/mol. The van der Waals surface area contributed by atoms with Gasteiger partial charge in [0.15, 0.2) is 0 Å². The molecule has 10 nitrogen and oxygen atoms in total. The maximum atomic E-state index is 13.0. The van der Waals surface area contributed by atoms with Crippen molar-refractivity contribution in [3.05, 3.63) is 12.2 Å². The molecule has 7 atom stereocenters. The number of carbonyl (C=O) groups excluding carboxylic acids is 5. The van der Waals surface area contributed by atoms with Gasteiger partial charge in [-0.05, 0) is 62.2 Å². The van der Waals surface area contributed by atoms with Crippen LogP contribution in [0.4, 0.5) is 4.79 Å². The number of hydrogen-bond acceptors (Lipinski definition) is 6. The Labute approximate surface area is 218 Å². The second kappa shape index (κ2) is 12.1. The van der Waals surface area contributed by atoms with Gasteiger partial charge in [0, 0.05) is 25.4 Å². The first-order chi connectivity index (χ1) is 17.7. The number of allylic oxidation sites excluding steroid dienone is 2. The molecule has 2 aliphatic carbocycles. The SMILES string of the molecule is CC(C)C[C@H](NC(=O)OC[C@@H]1CCC(=O)N1C[C@H]1C[C@@H]2C=C[C@H]1C2)C(=O)N[C@H](C=O)C[C@@H]1CCNC1=O. The topological polar surface area (TPSA) is 134 Å². The fourth-order valence-corrected chi connectivity index (χ4v) is 6.24. The van der Waals surface area contributed by atoms with Gasteiger partial charge < -0.3 is 30.4 Å². The lowest BCUT2D eigenvalue weighted by Crippen LogP contribution is -2.51. The third kappa shape index (κ3) is 6.90. The van der Waals surface area contributed by atoms with E-state index in [1.807, 2.05) is 18.7 Å². The number of likely N-dealkylation sites (tertiary alicyclic amines) is 1. The summed E-state index contributed by atoms with van der Waals surface area (Å²) in [6, 6.07) is -1.85. The van der Waals surface area contributed by atoms with Crippen LogP contribution in [-0.4, -0.2) is 72.8 Å². The molecule has 37 heavy (non-hydrogen) atoms. The summed E-state index contributed by atoms with van der Waals surface area (Å²) >= 11 is 0. The van der Waals surface area contributed by atoms with Crippen molar-refractivity contribution in [3.8, 4) is 0 Å². The van der Waals surface area contributed by atoms with Crippen LogP contribution in [0.1, 0.15) is 58.8 Å². The van der Waals surface area contributed by atoms with Gasteiger partial charge in [-0.25, -0.2) is 4.79 Å². The number of carbonyl (C=O) groups is 5. The van der Waals surface area contributed by atoms with Crippen molar-refractivity contribution in [2.24, 2.45) is 29.6 Å². The highest BCUT2D eigenvalue weighted by atomic mass is 16.5. The molecule has 0 unspecified atom stereocenters. The van der Waals surface area contributed by atoms with Crippen molar-refractivity contribution in [3.63, 3.8) is 0 Å². The largest absolute Gasteiger partial charge is 0.447 e. The Kier molecular flexibility index (Phi) is 8.87. The lowest BCUT2D eigenvalue weighted by Gasteiger charge is -2.30. The van der Waals surface area contributed by atoms with Crippen molar-refractivity contribution in [1.82, 2.24) is 20.9 Å². The smallest absolute Gasteiger partial charge is 0.407 e. The second-order valence-electron chi connectivity index (χ2n) is 11.5. The van der Waals surface area contributed by atoms with E-state index in [0.717, 1.165) is 6.42 Å². The first-order valence-electron chi connectivity index (χ1n) is 13.7. The van der Waals surface area contributed by atoms with Crippen LogP contribution in [0.15, 0.2) is 12.2 Å². The van der Waals surface area contributed by atoms with Gasteiger partial charge in [0.25, 0.3) is 0 Å². The lowest BCUT2D eigenvalue weighted by molar-refractivity contribution is -0.130. The van der Waals surface area contributed by atoms with Gasteiger partial charge in [0.2, 0.25) is 17.7 Å². The van der Waals surface area contributed by atoms with Gasteiger partial charge in [-0.15, -0.1) is 0 Å². The number of nitrogens with zero attached hydrogens (tertiary/aromatic N) is 1. The molecule has 2 aliphatic heterocycles. The van der Waals surface area contributed by atoms with Crippen LogP contribution in [0.2, 0.25) is 0 Å². The molecule has 4 aliphatic rings. The van der Waals surface area contributed by atoms with Crippen molar-refractivity contribution >= 4 is 30.1 Å². The molecule has 1 saturated carbocycles. The van der Waals surface area contributed by atoms with E-state index in [2.05, 4.69) is 28.1 Å². The summed E-state index contributed by atoms with van der Waals surface area (Å²) in [5.74, 6) is 0.931. The third-order valence-corrected chi connectivity index (χ3v) is 8.22. The molecule has 0 spiro atoms. The van der Waals surface area contributed by atoms with Gasteiger partial charge in [-0.2, -0.15) is 0 Å². The van der Waals surface area contributed by atoms with Crippen LogP contribution in [-0.2, 0) is 23.9 Å². The van der Waals surface area contributed by atoms with E-state index < -0.39 is 24.1 Å². The monoisotopic (exact) mass is 516 g/mol. The average molecular weight is 517 g/mol. The highest BCUT2D eigenvalue weighted by Gasteiger charge is 2.40. The molecule has 2 bridgehead atoms. The zero-order valence-corrected chi connectivity index (χ0v) is 21.8. The molecule has 3 N–H and O–H groups in total. The molecule has 0 aromatic rings. The number of hydrogen-bond donors (Lipinski definition) is 3. The average Bonchev–Trinajstić information content (AvgIpc) is 3.64. The van der Waals surface area contributed by atoms with E-state index in [4.69, 9.17) is 4.74 Å². The minimum Gasteiger partial charge on any atom is -0.447 e. The maximum Gasteiger partial charge on any atom is 0.407 e. The number of ether oxygens (including phenoxy) is 1. The van der Waals surface area contributed by atoms with Gasteiger partial charge in [0.05, 0.1) is 12.1 Å². The molecule has 204 valence electrons. The molecule has 0 radical (unpaired) electrons. The number of nitrogens with one attached hydrogen (secondary N) is 3. The fraction of sp³-hybridized carbons (Fsp3) is 0.741. The van der Waals surface area contributed by atoms with Crippen molar-refractivity contribution < 1.29 is 28.7 Å². The summed E-state index contributed by atoms with van der Waals surface area (Å²) in [5, 5.41) is 8.05. The van der Waals surface area contributed by atoms with Crippen LogP contribution in [0.25, 0.3) is 0 Å².